The maximum absolute atomic E-state index is 12.8. The van der Waals surface area contributed by atoms with Crippen LogP contribution in [-0.4, -0.2) is 6.54 Å². The second-order valence-corrected chi connectivity index (χ2v) is 4.71. The monoisotopic (exact) mass is 225 g/mol. The Bertz CT molecular complexity index is 378. The van der Waals surface area contributed by atoms with Crippen molar-refractivity contribution in [3.8, 4) is 0 Å². The molecule has 0 amide bonds. The maximum atomic E-state index is 12.8. The Morgan fingerprint density at radius 2 is 2.06 bits per heavy atom. The zero-order chi connectivity index (χ0) is 11.8. The van der Waals surface area contributed by atoms with Crippen LogP contribution in [0.1, 0.15) is 42.4 Å². The summed E-state index contributed by atoms with van der Waals surface area (Å²) >= 11 is 0. The standard InChI is InChI=1S/C13H17F2N/c1-9-3-4-10(7-11(9)12(14)15)13(8-16)5-2-6-13/h3-4,7,12H,2,5-6,8,16H2,1H3. The van der Waals surface area contributed by atoms with E-state index in [1.807, 2.05) is 6.07 Å². The molecule has 1 aliphatic carbocycles. The SMILES string of the molecule is Cc1ccc(C2(CN)CCC2)cc1C(F)F. The molecule has 1 saturated carbocycles. The van der Waals surface area contributed by atoms with E-state index in [0.29, 0.717) is 12.1 Å². The number of rotatable bonds is 3. The summed E-state index contributed by atoms with van der Waals surface area (Å²) in [4.78, 5) is 0. The van der Waals surface area contributed by atoms with Crippen LogP contribution in [-0.2, 0) is 5.41 Å². The summed E-state index contributed by atoms with van der Waals surface area (Å²) in [7, 11) is 0. The number of hydrogen-bond donors (Lipinski definition) is 1. The van der Waals surface area contributed by atoms with E-state index in [9.17, 15) is 8.78 Å². The van der Waals surface area contributed by atoms with Gasteiger partial charge in [0.1, 0.15) is 0 Å². The third-order valence-electron chi connectivity index (χ3n) is 3.83. The van der Waals surface area contributed by atoms with E-state index in [0.717, 1.165) is 24.8 Å². The van der Waals surface area contributed by atoms with Crippen LogP contribution < -0.4 is 5.73 Å². The van der Waals surface area contributed by atoms with Crippen molar-refractivity contribution in [2.24, 2.45) is 5.73 Å². The number of hydrogen-bond acceptors (Lipinski definition) is 1. The van der Waals surface area contributed by atoms with Gasteiger partial charge in [-0.15, -0.1) is 0 Å². The van der Waals surface area contributed by atoms with Crippen molar-refractivity contribution < 1.29 is 8.78 Å². The first-order valence-electron chi connectivity index (χ1n) is 5.68. The van der Waals surface area contributed by atoms with Gasteiger partial charge in [0.05, 0.1) is 0 Å². The molecule has 0 bridgehead atoms. The zero-order valence-electron chi connectivity index (χ0n) is 9.47. The van der Waals surface area contributed by atoms with Gasteiger partial charge in [-0.05, 0) is 37.0 Å². The third kappa shape index (κ3) is 1.73. The molecular weight excluding hydrogens is 208 g/mol. The molecule has 0 radical (unpaired) electrons. The Morgan fingerprint density at radius 1 is 1.38 bits per heavy atom. The minimum atomic E-state index is -2.39. The minimum Gasteiger partial charge on any atom is -0.330 e. The van der Waals surface area contributed by atoms with Gasteiger partial charge in [-0.25, -0.2) is 8.78 Å². The normalized spacial score (nSPS) is 18.6. The smallest absolute Gasteiger partial charge is 0.264 e. The van der Waals surface area contributed by atoms with E-state index in [2.05, 4.69) is 0 Å². The van der Waals surface area contributed by atoms with E-state index >= 15 is 0 Å². The van der Waals surface area contributed by atoms with Crippen LogP contribution >= 0.6 is 0 Å². The Balaban J connectivity index is 2.39. The zero-order valence-corrected chi connectivity index (χ0v) is 9.47. The lowest BCUT2D eigenvalue weighted by atomic mass is 9.64. The first kappa shape index (κ1) is 11.5. The molecule has 0 unspecified atom stereocenters. The van der Waals surface area contributed by atoms with Crippen molar-refractivity contribution in [2.75, 3.05) is 6.54 Å². The fraction of sp³-hybridized carbons (Fsp3) is 0.538. The number of benzene rings is 1. The minimum absolute atomic E-state index is 0.0304. The van der Waals surface area contributed by atoms with Gasteiger partial charge in [0.15, 0.2) is 0 Å². The fourth-order valence-electron chi connectivity index (χ4n) is 2.42. The highest BCUT2D eigenvalue weighted by Gasteiger charge is 2.37. The van der Waals surface area contributed by atoms with E-state index in [-0.39, 0.29) is 11.0 Å². The molecule has 0 aliphatic heterocycles. The van der Waals surface area contributed by atoms with Gasteiger partial charge < -0.3 is 5.73 Å². The van der Waals surface area contributed by atoms with Crippen molar-refractivity contribution in [3.63, 3.8) is 0 Å². The molecule has 0 saturated heterocycles. The summed E-state index contributed by atoms with van der Waals surface area (Å²) in [6.45, 7) is 2.28. The van der Waals surface area contributed by atoms with Crippen LogP contribution in [0.3, 0.4) is 0 Å². The average molecular weight is 225 g/mol. The summed E-state index contributed by atoms with van der Waals surface area (Å²) in [5.41, 5.74) is 7.54. The first-order chi connectivity index (χ1) is 7.59. The molecule has 1 aliphatic rings. The molecule has 88 valence electrons. The molecule has 0 spiro atoms. The maximum Gasteiger partial charge on any atom is 0.264 e. The molecule has 0 aromatic heterocycles. The van der Waals surface area contributed by atoms with Crippen LogP contribution in [0.15, 0.2) is 18.2 Å². The van der Waals surface area contributed by atoms with Gasteiger partial charge in [-0.2, -0.15) is 0 Å². The lowest BCUT2D eigenvalue weighted by Gasteiger charge is -2.41. The molecule has 2 rings (SSSR count). The molecule has 3 heteroatoms. The summed E-state index contributed by atoms with van der Waals surface area (Å²) in [5, 5.41) is 0. The topological polar surface area (TPSA) is 26.0 Å². The predicted octanol–water partition coefficient (Wildman–Crippen LogP) is 3.31. The molecular formula is C13H17F2N. The van der Waals surface area contributed by atoms with Gasteiger partial charge in [0.2, 0.25) is 0 Å². The predicted molar refractivity (Wildman–Crippen MR) is 60.7 cm³/mol. The van der Waals surface area contributed by atoms with Crippen molar-refractivity contribution in [1.29, 1.82) is 0 Å². The first-order valence-corrected chi connectivity index (χ1v) is 5.68. The Morgan fingerprint density at radius 3 is 2.50 bits per heavy atom. The summed E-state index contributed by atoms with van der Waals surface area (Å²) < 4.78 is 25.6. The van der Waals surface area contributed by atoms with Crippen LogP contribution in [0, 0.1) is 6.92 Å². The van der Waals surface area contributed by atoms with E-state index in [4.69, 9.17) is 5.73 Å². The van der Waals surface area contributed by atoms with E-state index in [1.165, 1.54) is 0 Å². The summed E-state index contributed by atoms with van der Waals surface area (Å²) in [5.74, 6) is 0. The van der Waals surface area contributed by atoms with Crippen molar-refractivity contribution in [1.82, 2.24) is 0 Å². The quantitative estimate of drug-likeness (QED) is 0.839. The van der Waals surface area contributed by atoms with Crippen molar-refractivity contribution >= 4 is 0 Å². The second kappa shape index (κ2) is 4.13. The lowest BCUT2D eigenvalue weighted by Crippen LogP contribution is -2.41. The Kier molecular flexibility index (Phi) is 2.98. The summed E-state index contributed by atoms with van der Waals surface area (Å²) in [6.07, 6.45) is 0.800. The van der Waals surface area contributed by atoms with Gasteiger partial charge in [0.25, 0.3) is 6.43 Å². The second-order valence-electron chi connectivity index (χ2n) is 4.71. The average Bonchev–Trinajstić information content (AvgIpc) is 2.19. The Labute approximate surface area is 94.7 Å². The molecule has 1 aromatic carbocycles. The number of aryl methyl sites for hydroxylation is 1. The molecule has 0 heterocycles. The van der Waals surface area contributed by atoms with Crippen LogP contribution in [0.2, 0.25) is 0 Å². The highest BCUT2D eigenvalue weighted by Crippen LogP contribution is 2.43. The molecule has 1 nitrogen and oxygen atoms in total. The number of nitrogens with two attached hydrogens (primary N) is 1. The van der Waals surface area contributed by atoms with Crippen LogP contribution in [0.4, 0.5) is 8.78 Å². The van der Waals surface area contributed by atoms with Gasteiger partial charge in [0, 0.05) is 17.5 Å². The van der Waals surface area contributed by atoms with E-state index in [1.54, 1.807) is 19.1 Å². The molecule has 2 N–H and O–H groups in total. The third-order valence-corrected chi connectivity index (χ3v) is 3.83. The van der Waals surface area contributed by atoms with Gasteiger partial charge in [-0.1, -0.05) is 18.6 Å². The van der Waals surface area contributed by atoms with Crippen molar-refractivity contribution in [3.05, 3.63) is 34.9 Å². The van der Waals surface area contributed by atoms with E-state index < -0.39 is 6.43 Å². The number of alkyl halides is 2. The Hall–Kier alpha value is -0.960. The molecule has 1 aromatic rings. The molecule has 16 heavy (non-hydrogen) atoms. The van der Waals surface area contributed by atoms with Gasteiger partial charge in [-0.3, -0.25) is 0 Å². The summed E-state index contributed by atoms with van der Waals surface area (Å²) in [6, 6.07) is 5.38. The highest BCUT2D eigenvalue weighted by atomic mass is 19.3. The van der Waals surface area contributed by atoms with Crippen molar-refractivity contribution in [2.45, 2.75) is 38.0 Å². The highest BCUT2D eigenvalue weighted by molar-refractivity contribution is 5.37. The fourth-order valence-corrected chi connectivity index (χ4v) is 2.42. The molecule has 1 fully saturated rings. The van der Waals surface area contributed by atoms with Crippen LogP contribution in [0.5, 0.6) is 0 Å². The van der Waals surface area contributed by atoms with Gasteiger partial charge >= 0.3 is 0 Å². The lowest BCUT2D eigenvalue weighted by molar-refractivity contribution is 0.150. The largest absolute Gasteiger partial charge is 0.330 e. The number of halogens is 2. The van der Waals surface area contributed by atoms with Crippen LogP contribution in [0.25, 0.3) is 0 Å². The molecule has 0 atom stereocenters.